The van der Waals surface area contributed by atoms with Crippen LogP contribution in [0.5, 0.6) is 0 Å². The fraction of sp³-hybridized carbons (Fsp3) is 0.625. The molecule has 0 heterocycles. The molecule has 0 saturated heterocycles. The SMILES string of the molecule is Cc1cc(C)cc([Si](Cl)(CC(C)C)CC(C)C)c1. The van der Waals surface area contributed by atoms with E-state index in [0.29, 0.717) is 11.8 Å². The maximum absolute atomic E-state index is 7.14. The quantitative estimate of drug-likeness (QED) is 0.526. The van der Waals surface area contributed by atoms with Gasteiger partial charge < -0.3 is 0 Å². The molecule has 2 heteroatoms. The van der Waals surface area contributed by atoms with Crippen molar-refractivity contribution in [3.05, 3.63) is 29.3 Å². The largest absolute Gasteiger partial charge is 0.187 e. The van der Waals surface area contributed by atoms with Gasteiger partial charge in [0.15, 0.2) is 7.38 Å². The Balaban J connectivity index is 3.15. The van der Waals surface area contributed by atoms with Gasteiger partial charge in [-0.2, -0.15) is 11.1 Å². The average Bonchev–Trinajstić information content (AvgIpc) is 2.12. The summed E-state index contributed by atoms with van der Waals surface area (Å²) < 4.78 is 0. The predicted octanol–water partition coefficient (Wildman–Crippen LogP) is 5.01. The molecular weight excluding hydrogens is 256 g/mol. The van der Waals surface area contributed by atoms with E-state index in [4.69, 9.17) is 11.1 Å². The molecule has 0 nitrogen and oxygen atoms in total. The first kappa shape index (κ1) is 15.8. The van der Waals surface area contributed by atoms with E-state index in [2.05, 4.69) is 59.7 Å². The molecule has 0 radical (unpaired) electrons. The second kappa shape index (κ2) is 6.25. The van der Waals surface area contributed by atoms with Gasteiger partial charge in [0, 0.05) is 0 Å². The second-order valence-corrected chi connectivity index (χ2v) is 12.0. The van der Waals surface area contributed by atoms with Crippen molar-refractivity contribution in [2.75, 3.05) is 0 Å². The Morgan fingerprint density at radius 2 is 1.28 bits per heavy atom. The Labute approximate surface area is 118 Å². The van der Waals surface area contributed by atoms with Crippen LogP contribution in [-0.4, -0.2) is 7.38 Å². The Hall–Kier alpha value is -0.273. The number of hydrogen-bond donors (Lipinski definition) is 0. The highest BCUT2D eigenvalue weighted by molar-refractivity contribution is 7.27. The van der Waals surface area contributed by atoms with Crippen LogP contribution in [-0.2, 0) is 0 Å². The summed E-state index contributed by atoms with van der Waals surface area (Å²) in [5.74, 6) is 1.35. The molecule has 0 aliphatic heterocycles. The van der Waals surface area contributed by atoms with Crippen LogP contribution in [0.1, 0.15) is 38.8 Å². The molecule has 0 unspecified atom stereocenters. The monoisotopic (exact) mass is 282 g/mol. The number of halogens is 1. The second-order valence-electron chi connectivity index (χ2n) is 6.54. The van der Waals surface area contributed by atoms with Crippen LogP contribution in [0.4, 0.5) is 0 Å². The van der Waals surface area contributed by atoms with Gasteiger partial charge in [-0.15, -0.1) is 0 Å². The summed E-state index contributed by atoms with van der Waals surface area (Å²) >= 11 is 7.14. The zero-order valence-electron chi connectivity index (χ0n) is 12.7. The van der Waals surface area contributed by atoms with Crippen molar-refractivity contribution in [2.24, 2.45) is 11.8 Å². The lowest BCUT2D eigenvalue weighted by molar-refractivity contribution is 0.691. The third kappa shape index (κ3) is 4.44. The van der Waals surface area contributed by atoms with E-state index in [1.165, 1.54) is 28.4 Å². The molecule has 0 spiro atoms. The van der Waals surface area contributed by atoms with E-state index in [1.54, 1.807) is 0 Å². The van der Waals surface area contributed by atoms with Crippen LogP contribution >= 0.6 is 11.1 Å². The molecular formula is C16H27ClSi. The van der Waals surface area contributed by atoms with E-state index in [1.807, 2.05) is 0 Å². The Bertz CT molecular complexity index is 366. The summed E-state index contributed by atoms with van der Waals surface area (Å²) in [6.07, 6.45) is 0. The van der Waals surface area contributed by atoms with Gasteiger partial charge in [0.1, 0.15) is 0 Å². The molecule has 0 saturated carbocycles. The van der Waals surface area contributed by atoms with Gasteiger partial charge in [0.2, 0.25) is 0 Å². The lowest BCUT2D eigenvalue weighted by Gasteiger charge is -2.29. The minimum atomic E-state index is -1.84. The first-order valence-corrected chi connectivity index (χ1v) is 10.4. The number of hydrogen-bond acceptors (Lipinski definition) is 0. The summed E-state index contributed by atoms with van der Waals surface area (Å²) in [5, 5.41) is 1.43. The van der Waals surface area contributed by atoms with Crippen molar-refractivity contribution in [1.82, 2.24) is 0 Å². The van der Waals surface area contributed by atoms with Crippen LogP contribution in [0.3, 0.4) is 0 Å². The standard InChI is InChI=1S/C16H27ClSi/c1-12(2)10-18(17,11-13(3)4)16-8-14(5)7-15(6)9-16/h7-9,12-13H,10-11H2,1-6H3. The molecule has 102 valence electrons. The fourth-order valence-electron chi connectivity index (χ4n) is 2.85. The highest BCUT2D eigenvalue weighted by atomic mass is 35.6. The Kier molecular flexibility index (Phi) is 5.48. The van der Waals surface area contributed by atoms with Crippen molar-refractivity contribution in [3.8, 4) is 0 Å². The van der Waals surface area contributed by atoms with E-state index in [0.717, 1.165) is 0 Å². The molecule has 18 heavy (non-hydrogen) atoms. The smallest absolute Gasteiger partial charge is 0.161 e. The number of benzene rings is 1. The molecule has 1 aromatic rings. The van der Waals surface area contributed by atoms with Gasteiger partial charge in [-0.3, -0.25) is 0 Å². The zero-order chi connectivity index (χ0) is 13.9. The first-order valence-electron chi connectivity index (χ1n) is 7.00. The predicted molar refractivity (Wildman–Crippen MR) is 86.4 cm³/mol. The van der Waals surface area contributed by atoms with Gasteiger partial charge in [-0.25, -0.2) is 0 Å². The highest BCUT2D eigenvalue weighted by Crippen LogP contribution is 2.29. The molecule has 0 fully saturated rings. The molecule has 0 aromatic heterocycles. The molecule has 1 aromatic carbocycles. The van der Waals surface area contributed by atoms with Crippen LogP contribution in [0, 0.1) is 25.7 Å². The lowest BCUT2D eigenvalue weighted by Crippen LogP contribution is -2.44. The molecule has 0 N–H and O–H groups in total. The van der Waals surface area contributed by atoms with Gasteiger partial charge in [0.05, 0.1) is 0 Å². The number of rotatable bonds is 5. The summed E-state index contributed by atoms with van der Waals surface area (Å²) in [6, 6.07) is 9.22. The van der Waals surface area contributed by atoms with Crippen molar-refractivity contribution in [2.45, 2.75) is 53.6 Å². The van der Waals surface area contributed by atoms with Crippen molar-refractivity contribution < 1.29 is 0 Å². The molecule has 0 atom stereocenters. The summed E-state index contributed by atoms with van der Waals surface area (Å²) in [7, 11) is -1.84. The average molecular weight is 283 g/mol. The maximum Gasteiger partial charge on any atom is 0.187 e. The molecule has 0 amide bonds. The van der Waals surface area contributed by atoms with Gasteiger partial charge >= 0.3 is 0 Å². The van der Waals surface area contributed by atoms with Gasteiger partial charge in [0.25, 0.3) is 0 Å². The lowest BCUT2D eigenvalue weighted by atomic mass is 10.2. The van der Waals surface area contributed by atoms with Crippen molar-refractivity contribution >= 4 is 23.6 Å². The van der Waals surface area contributed by atoms with Gasteiger partial charge in [-0.05, 0) is 43.0 Å². The van der Waals surface area contributed by atoms with Gasteiger partial charge in [-0.1, -0.05) is 57.0 Å². The Morgan fingerprint density at radius 1 is 0.889 bits per heavy atom. The minimum absolute atomic E-state index is 0.675. The third-order valence-corrected chi connectivity index (χ3v) is 9.03. The van der Waals surface area contributed by atoms with E-state index >= 15 is 0 Å². The fourth-order valence-corrected chi connectivity index (χ4v) is 9.22. The van der Waals surface area contributed by atoms with E-state index < -0.39 is 7.38 Å². The first-order chi connectivity index (χ1) is 8.23. The zero-order valence-corrected chi connectivity index (χ0v) is 14.4. The normalized spacial score (nSPS) is 12.5. The highest BCUT2D eigenvalue weighted by Gasteiger charge is 2.34. The van der Waals surface area contributed by atoms with Crippen LogP contribution in [0.2, 0.25) is 12.1 Å². The van der Waals surface area contributed by atoms with E-state index in [9.17, 15) is 0 Å². The maximum atomic E-state index is 7.14. The van der Waals surface area contributed by atoms with Crippen LogP contribution < -0.4 is 5.19 Å². The summed E-state index contributed by atoms with van der Waals surface area (Å²) in [5.41, 5.74) is 2.69. The van der Waals surface area contributed by atoms with Crippen molar-refractivity contribution in [1.29, 1.82) is 0 Å². The molecule has 0 bridgehead atoms. The summed E-state index contributed by atoms with van der Waals surface area (Å²) in [6.45, 7) is 13.5. The van der Waals surface area contributed by atoms with Crippen molar-refractivity contribution in [3.63, 3.8) is 0 Å². The van der Waals surface area contributed by atoms with Crippen LogP contribution in [0.15, 0.2) is 18.2 Å². The van der Waals surface area contributed by atoms with E-state index in [-0.39, 0.29) is 0 Å². The molecule has 0 aliphatic rings. The Morgan fingerprint density at radius 3 is 1.61 bits per heavy atom. The minimum Gasteiger partial charge on any atom is -0.161 e. The van der Waals surface area contributed by atoms with Crippen LogP contribution in [0.25, 0.3) is 0 Å². The summed E-state index contributed by atoms with van der Waals surface area (Å²) in [4.78, 5) is 0. The molecule has 0 aliphatic carbocycles. The molecule has 1 rings (SSSR count). The topological polar surface area (TPSA) is 0 Å². The third-order valence-electron chi connectivity index (χ3n) is 3.20. The number of aryl methyl sites for hydroxylation is 2.